The zero-order chi connectivity index (χ0) is 19.4. The Kier molecular flexibility index (Phi) is 5.91. The van der Waals surface area contributed by atoms with E-state index < -0.39 is 5.97 Å². The molecule has 2 aromatic rings. The third-order valence-corrected chi connectivity index (χ3v) is 4.94. The van der Waals surface area contributed by atoms with Crippen molar-refractivity contribution in [3.8, 4) is 0 Å². The third-order valence-electron chi connectivity index (χ3n) is 4.61. The first-order valence-electron chi connectivity index (χ1n) is 8.74. The molecular formula is C19H21ClN4O3. The van der Waals surface area contributed by atoms with Crippen molar-refractivity contribution in [2.45, 2.75) is 19.8 Å². The second kappa shape index (κ2) is 8.35. The van der Waals surface area contributed by atoms with Crippen LogP contribution in [0.15, 0.2) is 30.6 Å². The molecule has 27 heavy (non-hydrogen) atoms. The number of rotatable bonds is 4. The van der Waals surface area contributed by atoms with Gasteiger partial charge in [0.15, 0.2) is 0 Å². The fourth-order valence-corrected chi connectivity index (χ4v) is 3.08. The van der Waals surface area contributed by atoms with Gasteiger partial charge in [0.25, 0.3) is 5.91 Å². The van der Waals surface area contributed by atoms with Gasteiger partial charge in [-0.15, -0.1) is 0 Å². The molecule has 2 heterocycles. The number of halogens is 1. The van der Waals surface area contributed by atoms with Crippen LogP contribution >= 0.6 is 11.6 Å². The van der Waals surface area contributed by atoms with Crippen molar-refractivity contribution >= 4 is 35.0 Å². The van der Waals surface area contributed by atoms with Gasteiger partial charge in [-0.25, -0.2) is 14.8 Å². The van der Waals surface area contributed by atoms with Crippen molar-refractivity contribution in [2.75, 3.05) is 25.5 Å². The Morgan fingerprint density at radius 2 is 1.96 bits per heavy atom. The summed E-state index contributed by atoms with van der Waals surface area (Å²) in [6.07, 6.45) is 3.33. The minimum absolute atomic E-state index is 0.109. The molecule has 1 N–H and O–H groups in total. The molecule has 0 radical (unpaired) electrons. The first-order chi connectivity index (χ1) is 13.0. The molecule has 1 aliphatic heterocycles. The van der Waals surface area contributed by atoms with Crippen molar-refractivity contribution < 1.29 is 14.3 Å². The molecule has 0 aliphatic carbocycles. The molecular weight excluding hydrogens is 368 g/mol. The first-order valence-corrected chi connectivity index (χ1v) is 9.12. The number of hydrogen-bond donors (Lipinski definition) is 1. The van der Waals surface area contributed by atoms with Crippen LogP contribution in [0, 0.1) is 5.92 Å². The van der Waals surface area contributed by atoms with Gasteiger partial charge in [-0.3, -0.25) is 4.79 Å². The van der Waals surface area contributed by atoms with Crippen molar-refractivity contribution in [3.05, 3.63) is 46.9 Å². The summed E-state index contributed by atoms with van der Waals surface area (Å²) in [5, 5.41) is 3.45. The Morgan fingerprint density at radius 1 is 1.22 bits per heavy atom. The maximum atomic E-state index is 12.7. The van der Waals surface area contributed by atoms with E-state index >= 15 is 0 Å². The van der Waals surface area contributed by atoms with E-state index in [0.29, 0.717) is 33.7 Å². The number of benzene rings is 1. The molecule has 1 amide bonds. The number of aromatic nitrogens is 2. The van der Waals surface area contributed by atoms with Crippen molar-refractivity contribution in [2.24, 2.45) is 5.92 Å². The summed E-state index contributed by atoms with van der Waals surface area (Å²) in [6.45, 7) is 3.67. The molecule has 1 fully saturated rings. The van der Waals surface area contributed by atoms with E-state index in [9.17, 15) is 9.59 Å². The lowest BCUT2D eigenvalue weighted by Gasteiger charge is -2.30. The first kappa shape index (κ1) is 19.1. The smallest absolute Gasteiger partial charge is 0.337 e. The molecule has 142 valence electrons. The molecule has 1 aromatic carbocycles. The van der Waals surface area contributed by atoms with Crippen LogP contribution in [0.5, 0.6) is 0 Å². The number of piperidine rings is 1. The van der Waals surface area contributed by atoms with Crippen molar-refractivity contribution in [1.29, 1.82) is 0 Å². The van der Waals surface area contributed by atoms with Crippen LogP contribution < -0.4 is 5.32 Å². The lowest BCUT2D eigenvalue weighted by molar-refractivity contribution is 0.0600. The Morgan fingerprint density at radius 3 is 2.67 bits per heavy atom. The standard InChI is InChI=1S/C19H21ClN4O3/c1-12-5-7-24(8-6-12)18(25)16-10-17(22-11-21-16)23-15-9-13(19(26)27-2)3-4-14(15)20/h3-4,9-12H,5-8H2,1-2H3,(H,21,22,23). The predicted molar refractivity (Wildman–Crippen MR) is 102 cm³/mol. The summed E-state index contributed by atoms with van der Waals surface area (Å²) in [7, 11) is 1.31. The number of carbonyl (C=O) groups excluding carboxylic acids is 2. The average molecular weight is 389 g/mol. The molecule has 7 nitrogen and oxygen atoms in total. The second-order valence-corrected chi connectivity index (χ2v) is 6.98. The topological polar surface area (TPSA) is 84.4 Å². The highest BCUT2D eigenvalue weighted by molar-refractivity contribution is 6.33. The minimum atomic E-state index is -0.465. The van der Waals surface area contributed by atoms with E-state index in [1.54, 1.807) is 24.3 Å². The summed E-state index contributed by atoms with van der Waals surface area (Å²) >= 11 is 6.20. The highest BCUT2D eigenvalue weighted by Crippen LogP contribution is 2.26. The molecule has 1 aromatic heterocycles. The van der Waals surface area contributed by atoms with E-state index in [0.717, 1.165) is 25.9 Å². The van der Waals surface area contributed by atoms with Gasteiger partial charge in [0.05, 0.1) is 23.4 Å². The normalized spacial score (nSPS) is 14.7. The predicted octanol–water partition coefficient (Wildman–Crippen LogP) is 3.53. The van der Waals surface area contributed by atoms with Crippen LogP contribution in [0.1, 0.15) is 40.6 Å². The quantitative estimate of drug-likeness (QED) is 0.806. The van der Waals surface area contributed by atoms with Gasteiger partial charge in [0.2, 0.25) is 0 Å². The number of amides is 1. The second-order valence-electron chi connectivity index (χ2n) is 6.57. The average Bonchev–Trinajstić information content (AvgIpc) is 2.69. The van der Waals surface area contributed by atoms with Crippen LogP contribution in [0.3, 0.4) is 0 Å². The number of nitrogens with one attached hydrogen (secondary N) is 1. The van der Waals surface area contributed by atoms with Crippen LogP contribution in [0.4, 0.5) is 11.5 Å². The SMILES string of the molecule is COC(=O)c1ccc(Cl)c(Nc2cc(C(=O)N3CCC(C)CC3)ncn2)c1. The van der Waals surface area contributed by atoms with Crippen LogP contribution in [-0.4, -0.2) is 46.9 Å². The van der Waals surface area contributed by atoms with Gasteiger partial charge in [-0.2, -0.15) is 0 Å². The molecule has 3 rings (SSSR count). The number of anilines is 2. The Hall–Kier alpha value is -2.67. The number of nitrogens with zero attached hydrogens (tertiary/aromatic N) is 3. The molecule has 0 unspecified atom stereocenters. The number of methoxy groups -OCH3 is 1. The van der Waals surface area contributed by atoms with Gasteiger partial charge in [0.1, 0.15) is 17.8 Å². The number of likely N-dealkylation sites (tertiary alicyclic amines) is 1. The number of hydrogen-bond acceptors (Lipinski definition) is 6. The fraction of sp³-hybridized carbons (Fsp3) is 0.368. The van der Waals surface area contributed by atoms with Crippen LogP contribution in [0.25, 0.3) is 0 Å². The highest BCUT2D eigenvalue weighted by Gasteiger charge is 2.22. The molecule has 0 atom stereocenters. The largest absolute Gasteiger partial charge is 0.465 e. The van der Waals surface area contributed by atoms with Gasteiger partial charge >= 0.3 is 5.97 Å². The fourth-order valence-electron chi connectivity index (χ4n) is 2.92. The van der Waals surface area contributed by atoms with E-state index in [-0.39, 0.29) is 5.91 Å². The monoisotopic (exact) mass is 388 g/mol. The van der Waals surface area contributed by atoms with Gasteiger partial charge in [0, 0.05) is 19.2 Å². The van der Waals surface area contributed by atoms with E-state index in [1.165, 1.54) is 13.4 Å². The summed E-state index contributed by atoms with van der Waals surface area (Å²) < 4.78 is 4.72. The summed E-state index contributed by atoms with van der Waals surface area (Å²) in [5.74, 6) is 0.484. The molecule has 0 saturated carbocycles. The van der Waals surface area contributed by atoms with E-state index in [1.807, 2.05) is 4.90 Å². The summed E-state index contributed by atoms with van der Waals surface area (Å²) in [6, 6.07) is 6.33. The van der Waals surface area contributed by atoms with Crippen LogP contribution in [0.2, 0.25) is 5.02 Å². The Balaban J connectivity index is 1.78. The summed E-state index contributed by atoms with van der Waals surface area (Å²) in [4.78, 5) is 34.4. The van der Waals surface area contributed by atoms with Gasteiger partial charge in [-0.1, -0.05) is 18.5 Å². The van der Waals surface area contributed by atoms with E-state index in [4.69, 9.17) is 16.3 Å². The van der Waals surface area contributed by atoms with Gasteiger partial charge in [-0.05, 0) is 37.0 Å². The van der Waals surface area contributed by atoms with Gasteiger partial charge < -0.3 is 15.0 Å². The number of carbonyl (C=O) groups is 2. The highest BCUT2D eigenvalue weighted by atomic mass is 35.5. The lowest BCUT2D eigenvalue weighted by Crippen LogP contribution is -2.38. The van der Waals surface area contributed by atoms with Crippen molar-refractivity contribution in [1.82, 2.24) is 14.9 Å². The number of ether oxygens (including phenoxy) is 1. The molecule has 8 heteroatoms. The minimum Gasteiger partial charge on any atom is -0.465 e. The lowest BCUT2D eigenvalue weighted by atomic mass is 9.99. The maximum Gasteiger partial charge on any atom is 0.337 e. The molecule has 1 aliphatic rings. The van der Waals surface area contributed by atoms with Crippen LogP contribution in [-0.2, 0) is 4.74 Å². The third kappa shape index (κ3) is 4.54. The molecule has 0 bridgehead atoms. The maximum absolute atomic E-state index is 12.7. The van der Waals surface area contributed by atoms with Crippen molar-refractivity contribution in [3.63, 3.8) is 0 Å². The summed E-state index contributed by atoms with van der Waals surface area (Å²) in [5.41, 5.74) is 1.17. The van der Waals surface area contributed by atoms with E-state index in [2.05, 4.69) is 22.2 Å². The molecule has 1 saturated heterocycles. The zero-order valence-corrected chi connectivity index (χ0v) is 16.0. The Bertz CT molecular complexity index is 851. The molecule has 0 spiro atoms. The Labute approximate surface area is 162 Å². The number of esters is 1. The zero-order valence-electron chi connectivity index (χ0n) is 15.2.